The molecular weight excluding hydrogens is 218 g/mol. The van der Waals surface area contributed by atoms with E-state index >= 15 is 0 Å². The number of benzene rings is 1. The molecule has 1 aromatic carbocycles. The molecule has 1 heterocycles. The molecule has 0 radical (unpaired) electrons. The number of anilines is 1. The molecule has 0 atom stereocenters. The quantitative estimate of drug-likeness (QED) is 0.778. The molecule has 1 saturated carbocycles. The van der Waals surface area contributed by atoms with Crippen LogP contribution in [-0.2, 0) is 10.2 Å². The average molecular weight is 231 g/mol. The normalized spacial score (nSPS) is 20.4. The van der Waals surface area contributed by atoms with E-state index in [2.05, 4.69) is 5.32 Å². The van der Waals surface area contributed by atoms with Crippen molar-refractivity contribution in [1.82, 2.24) is 0 Å². The number of nitrogens with one attached hydrogen (secondary N) is 1. The van der Waals surface area contributed by atoms with Crippen molar-refractivity contribution in [1.29, 1.82) is 0 Å². The van der Waals surface area contributed by atoms with Crippen LogP contribution in [0.15, 0.2) is 18.2 Å². The fourth-order valence-electron chi connectivity index (χ4n) is 3.02. The fraction of sp³-hybridized carbons (Fsp3) is 0.385. The van der Waals surface area contributed by atoms with Crippen molar-refractivity contribution in [2.24, 2.45) is 0 Å². The van der Waals surface area contributed by atoms with Gasteiger partial charge in [-0.05, 0) is 36.6 Å². The van der Waals surface area contributed by atoms with Crippen LogP contribution in [0.25, 0.3) is 0 Å². The Bertz CT molecular complexity index is 515. The number of carbonyl (C=O) groups excluding carboxylic acids is 1. The Morgan fingerprint density at radius 1 is 1.29 bits per heavy atom. The molecule has 1 aromatic rings. The standard InChI is InChI=1S/C13H13NO3/c15-11(16)8-3-4-10-9(7-8)13(12(17)14-10)5-1-2-6-13/h3-4,7H,1-2,5-6H2,(H,14,17)(H,15,16). The van der Waals surface area contributed by atoms with Gasteiger partial charge in [0.05, 0.1) is 11.0 Å². The first-order valence-electron chi connectivity index (χ1n) is 5.83. The lowest BCUT2D eigenvalue weighted by Crippen LogP contribution is -2.31. The summed E-state index contributed by atoms with van der Waals surface area (Å²) in [6.45, 7) is 0. The topological polar surface area (TPSA) is 66.4 Å². The van der Waals surface area contributed by atoms with Gasteiger partial charge in [0.15, 0.2) is 0 Å². The summed E-state index contributed by atoms with van der Waals surface area (Å²) in [5.74, 6) is -0.909. The van der Waals surface area contributed by atoms with Gasteiger partial charge in [-0.1, -0.05) is 12.8 Å². The molecule has 2 N–H and O–H groups in total. The van der Waals surface area contributed by atoms with Crippen LogP contribution in [-0.4, -0.2) is 17.0 Å². The van der Waals surface area contributed by atoms with Crippen LogP contribution >= 0.6 is 0 Å². The summed E-state index contributed by atoms with van der Waals surface area (Å²) in [6.07, 6.45) is 3.72. The molecule has 0 unspecified atom stereocenters. The van der Waals surface area contributed by atoms with Gasteiger partial charge in [-0.25, -0.2) is 4.79 Å². The molecule has 1 spiro atoms. The molecule has 2 aliphatic rings. The van der Waals surface area contributed by atoms with Gasteiger partial charge in [0.1, 0.15) is 0 Å². The number of fused-ring (bicyclic) bond motifs is 2. The molecule has 1 aliphatic carbocycles. The number of hydrogen-bond acceptors (Lipinski definition) is 2. The number of carbonyl (C=O) groups is 2. The van der Waals surface area contributed by atoms with Crippen LogP contribution in [0.3, 0.4) is 0 Å². The molecule has 17 heavy (non-hydrogen) atoms. The number of aromatic carboxylic acids is 1. The first kappa shape index (κ1) is 10.3. The van der Waals surface area contributed by atoms with E-state index in [0.717, 1.165) is 36.9 Å². The highest BCUT2D eigenvalue weighted by Gasteiger charge is 2.48. The maximum atomic E-state index is 12.1. The van der Waals surface area contributed by atoms with Gasteiger partial charge in [0, 0.05) is 5.69 Å². The van der Waals surface area contributed by atoms with Gasteiger partial charge in [-0.3, -0.25) is 4.79 Å². The zero-order valence-corrected chi connectivity index (χ0v) is 9.32. The number of hydrogen-bond donors (Lipinski definition) is 2. The Balaban J connectivity index is 2.16. The minimum absolute atomic E-state index is 0.0348. The Kier molecular flexibility index (Phi) is 2.02. The molecule has 0 bridgehead atoms. The van der Waals surface area contributed by atoms with E-state index < -0.39 is 11.4 Å². The summed E-state index contributed by atoms with van der Waals surface area (Å²) >= 11 is 0. The van der Waals surface area contributed by atoms with Crippen molar-refractivity contribution in [3.05, 3.63) is 29.3 Å². The van der Waals surface area contributed by atoms with Crippen LogP contribution < -0.4 is 5.32 Å². The van der Waals surface area contributed by atoms with Crippen LogP contribution in [0.2, 0.25) is 0 Å². The van der Waals surface area contributed by atoms with E-state index in [1.807, 2.05) is 0 Å². The lowest BCUT2D eigenvalue weighted by Gasteiger charge is -2.20. The van der Waals surface area contributed by atoms with Crippen molar-refractivity contribution in [2.75, 3.05) is 5.32 Å². The van der Waals surface area contributed by atoms with E-state index in [1.165, 1.54) is 6.07 Å². The Morgan fingerprint density at radius 2 is 2.00 bits per heavy atom. The van der Waals surface area contributed by atoms with E-state index in [-0.39, 0.29) is 11.5 Å². The minimum atomic E-state index is -0.944. The van der Waals surface area contributed by atoms with E-state index in [4.69, 9.17) is 5.11 Å². The smallest absolute Gasteiger partial charge is 0.335 e. The second kappa shape index (κ2) is 3.32. The van der Waals surface area contributed by atoms with Crippen molar-refractivity contribution >= 4 is 17.6 Å². The van der Waals surface area contributed by atoms with E-state index in [9.17, 15) is 9.59 Å². The van der Waals surface area contributed by atoms with Crippen molar-refractivity contribution in [3.8, 4) is 0 Å². The first-order chi connectivity index (χ1) is 8.13. The molecule has 0 aromatic heterocycles. The maximum Gasteiger partial charge on any atom is 0.335 e. The van der Waals surface area contributed by atoms with Crippen molar-refractivity contribution in [3.63, 3.8) is 0 Å². The third-order valence-corrected chi connectivity index (χ3v) is 3.92. The van der Waals surface area contributed by atoms with E-state index in [0.29, 0.717) is 0 Å². The summed E-state index contributed by atoms with van der Waals surface area (Å²) in [5.41, 5.74) is 1.45. The number of rotatable bonds is 1. The van der Waals surface area contributed by atoms with Gasteiger partial charge in [-0.15, -0.1) is 0 Å². The molecule has 3 rings (SSSR count). The molecule has 88 valence electrons. The summed E-state index contributed by atoms with van der Waals surface area (Å²) in [6, 6.07) is 4.89. The largest absolute Gasteiger partial charge is 0.478 e. The van der Waals surface area contributed by atoms with Gasteiger partial charge in [0.2, 0.25) is 5.91 Å². The molecule has 1 fully saturated rings. The number of amides is 1. The van der Waals surface area contributed by atoms with E-state index in [1.54, 1.807) is 12.1 Å². The Labute approximate surface area is 98.6 Å². The maximum absolute atomic E-state index is 12.1. The number of carboxylic acids is 1. The molecule has 0 saturated heterocycles. The Hall–Kier alpha value is -1.84. The van der Waals surface area contributed by atoms with Gasteiger partial charge in [0.25, 0.3) is 0 Å². The predicted octanol–water partition coefficient (Wildman–Crippen LogP) is 2.15. The second-order valence-electron chi connectivity index (χ2n) is 4.81. The molecule has 4 nitrogen and oxygen atoms in total. The Morgan fingerprint density at radius 3 is 2.65 bits per heavy atom. The highest BCUT2D eigenvalue weighted by molar-refractivity contribution is 6.07. The SMILES string of the molecule is O=C(O)c1ccc2c(c1)C1(CCCC1)C(=O)N2. The highest BCUT2D eigenvalue weighted by Crippen LogP contribution is 2.48. The highest BCUT2D eigenvalue weighted by atomic mass is 16.4. The summed E-state index contributed by atoms with van der Waals surface area (Å²) in [4.78, 5) is 23.1. The minimum Gasteiger partial charge on any atom is -0.478 e. The first-order valence-corrected chi connectivity index (χ1v) is 5.83. The lowest BCUT2D eigenvalue weighted by atomic mass is 9.79. The molecule has 1 amide bonds. The molecular formula is C13H13NO3. The molecule has 4 heteroatoms. The third kappa shape index (κ3) is 1.30. The zero-order chi connectivity index (χ0) is 12.0. The van der Waals surface area contributed by atoms with Crippen LogP contribution in [0.1, 0.15) is 41.6 Å². The predicted molar refractivity (Wildman–Crippen MR) is 62.2 cm³/mol. The van der Waals surface area contributed by atoms with Crippen LogP contribution in [0.5, 0.6) is 0 Å². The van der Waals surface area contributed by atoms with Crippen LogP contribution in [0.4, 0.5) is 5.69 Å². The second-order valence-corrected chi connectivity index (χ2v) is 4.81. The molecule has 1 aliphatic heterocycles. The summed E-state index contributed by atoms with van der Waals surface area (Å²) in [5, 5.41) is 11.9. The number of carboxylic acid groups (broad SMARTS) is 1. The fourth-order valence-corrected chi connectivity index (χ4v) is 3.02. The van der Waals surface area contributed by atoms with Crippen molar-refractivity contribution in [2.45, 2.75) is 31.1 Å². The average Bonchev–Trinajstić information content (AvgIpc) is 2.88. The van der Waals surface area contributed by atoms with Crippen LogP contribution in [0, 0.1) is 0 Å². The van der Waals surface area contributed by atoms with Gasteiger partial charge in [-0.2, -0.15) is 0 Å². The summed E-state index contributed by atoms with van der Waals surface area (Å²) < 4.78 is 0. The lowest BCUT2D eigenvalue weighted by molar-refractivity contribution is -0.120. The summed E-state index contributed by atoms with van der Waals surface area (Å²) in [7, 11) is 0. The third-order valence-electron chi connectivity index (χ3n) is 3.92. The van der Waals surface area contributed by atoms with Crippen molar-refractivity contribution < 1.29 is 14.7 Å². The zero-order valence-electron chi connectivity index (χ0n) is 9.32. The van der Waals surface area contributed by atoms with Gasteiger partial charge < -0.3 is 10.4 Å². The monoisotopic (exact) mass is 231 g/mol. The van der Waals surface area contributed by atoms with Gasteiger partial charge >= 0.3 is 5.97 Å².